The maximum atomic E-state index is 11.7. The Morgan fingerprint density at radius 3 is 2.30 bits per heavy atom. The number of rotatable bonds is 6. The summed E-state index contributed by atoms with van der Waals surface area (Å²) in [5.41, 5.74) is 1.53. The molecule has 0 aromatic heterocycles. The predicted molar refractivity (Wildman–Crippen MR) is 83.7 cm³/mol. The van der Waals surface area contributed by atoms with Crippen LogP contribution in [0.25, 0.3) is 0 Å². The predicted octanol–water partition coefficient (Wildman–Crippen LogP) is 1.93. The maximum absolute atomic E-state index is 11.7. The molecule has 0 unspecified atom stereocenters. The minimum Gasteiger partial charge on any atom is -0.548 e. The van der Waals surface area contributed by atoms with Crippen molar-refractivity contribution in [1.82, 2.24) is 5.32 Å². The quantitative estimate of drug-likeness (QED) is 0.876. The molecule has 0 heterocycles. The molecule has 2 aromatic rings. The number of amides is 1. The van der Waals surface area contributed by atoms with Crippen LogP contribution in [-0.2, 0) is 22.6 Å². The van der Waals surface area contributed by atoms with E-state index in [1.165, 1.54) is 0 Å². The molecule has 23 heavy (non-hydrogen) atoms. The van der Waals surface area contributed by atoms with Gasteiger partial charge in [0.15, 0.2) is 0 Å². The summed E-state index contributed by atoms with van der Waals surface area (Å²) in [6, 6.07) is 14.6. The lowest BCUT2D eigenvalue weighted by atomic mass is 10.1. The lowest BCUT2D eigenvalue weighted by Gasteiger charge is -2.19. The Balaban J connectivity index is 1.89. The molecule has 0 aliphatic rings. The molecule has 0 saturated heterocycles. The van der Waals surface area contributed by atoms with E-state index >= 15 is 0 Å². The van der Waals surface area contributed by atoms with Crippen LogP contribution in [-0.4, -0.2) is 18.1 Å². The van der Waals surface area contributed by atoms with Crippen molar-refractivity contribution in [3.05, 3.63) is 70.7 Å². The molecule has 2 rings (SSSR count). The van der Waals surface area contributed by atoms with Gasteiger partial charge in [0.1, 0.15) is 6.61 Å². The van der Waals surface area contributed by atoms with Gasteiger partial charge in [0.25, 0.3) is 0 Å². The van der Waals surface area contributed by atoms with E-state index in [9.17, 15) is 14.7 Å². The topological polar surface area (TPSA) is 78.5 Å². The molecule has 1 atom stereocenters. The number of nitrogens with one attached hydrogen (secondary N) is 1. The van der Waals surface area contributed by atoms with Gasteiger partial charge in [-0.25, -0.2) is 4.79 Å². The first-order chi connectivity index (χ1) is 11.0. The second kappa shape index (κ2) is 8.19. The smallest absolute Gasteiger partial charge is 0.408 e. The average Bonchev–Trinajstić information content (AvgIpc) is 2.55. The van der Waals surface area contributed by atoms with E-state index < -0.39 is 18.1 Å². The molecule has 0 radical (unpaired) electrons. The van der Waals surface area contributed by atoms with Crippen LogP contribution >= 0.6 is 11.6 Å². The minimum atomic E-state index is -1.38. The highest BCUT2D eigenvalue weighted by molar-refractivity contribution is 6.30. The van der Waals surface area contributed by atoms with Crippen LogP contribution < -0.4 is 10.4 Å². The first-order valence-corrected chi connectivity index (χ1v) is 7.35. The molecule has 5 nitrogen and oxygen atoms in total. The highest BCUT2D eigenvalue weighted by Gasteiger charge is 2.15. The van der Waals surface area contributed by atoms with Gasteiger partial charge in [-0.15, -0.1) is 0 Å². The average molecular weight is 333 g/mol. The fourth-order valence-corrected chi connectivity index (χ4v) is 2.08. The van der Waals surface area contributed by atoms with Gasteiger partial charge in [-0.3, -0.25) is 0 Å². The van der Waals surface area contributed by atoms with Gasteiger partial charge < -0.3 is 20.0 Å². The zero-order chi connectivity index (χ0) is 16.7. The Kier molecular flexibility index (Phi) is 6.00. The molecule has 0 spiro atoms. The molecule has 0 aliphatic heterocycles. The number of hydrogen-bond acceptors (Lipinski definition) is 4. The standard InChI is InChI=1S/C17H16ClNO4/c18-14-8-6-12(7-9-14)10-15(16(20)21)19-17(22)23-11-13-4-2-1-3-5-13/h1-9,15H,10-11H2,(H,19,22)(H,20,21)/p-1/t15-/m0/s1. The lowest BCUT2D eigenvalue weighted by Crippen LogP contribution is -2.49. The molecule has 0 saturated carbocycles. The third-order valence-corrected chi connectivity index (χ3v) is 3.39. The van der Waals surface area contributed by atoms with E-state index in [1.807, 2.05) is 18.2 Å². The zero-order valence-corrected chi connectivity index (χ0v) is 13.0. The Labute approximate surface area is 138 Å². The third kappa shape index (κ3) is 5.64. The van der Waals surface area contributed by atoms with Crippen molar-refractivity contribution in [2.75, 3.05) is 0 Å². The number of carbonyl (C=O) groups is 2. The van der Waals surface area contributed by atoms with Crippen molar-refractivity contribution >= 4 is 23.7 Å². The molecule has 6 heteroatoms. The normalized spacial score (nSPS) is 11.5. The summed E-state index contributed by atoms with van der Waals surface area (Å²) in [6.45, 7) is 0.0629. The van der Waals surface area contributed by atoms with Gasteiger partial charge in [0.05, 0.1) is 12.0 Å². The number of hydrogen-bond donors (Lipinski definition) is 1. The Hall–Kier alpha value is -2.53. The summed E-state index contributed by atoms with van der Waals surface area (Å²) >= 11 is 5.78. The second-order valence-corrected chi connectivity index (χ2v) is 5.34. The monoisotopic (exact) mass is 332 g/mol. The fourth-order valence-electron chi connectivity index (χ4n) is 1.96. The van der Waals surface area contributed by atoms with Crippen molar-refractivity contribution < 1.29 is 19.4 Å². The van der Waals surface area contributed by atoms with Crippen molar-refractivity contribution in [2.45, 2.75) is 19.1 Å². The van der Waals surface area contributed by atoms with E-state index in [0.29, 0.717) is 10.6 Å². The molecule has 0 aliphatic carbocycles. The lowest BCUT2D eigenvalue weighted by molar-refractivity contribution is -0.308. The largest absolute Gasteiger partial charge is 0.548 e. The molecule has 1 amide bonds. The highest BCUT2D eigenvalue weighted by Crippen LogP contribution is 2.11. The van der Waals surface area contributed by atoms with Crippen LogP contribution in [0.2, 0.25) is 5.02 Å². The molecule has 0 fully saturated rings. The molecule has 0 bridgehead atoms. The van der Waals surface area contributed by atoms with Gasteiger partial charge in [-0.1, -0.05) is 54.1 Å². The van der Waals surface area contributed by atoms with Crippen molar-refractivity contribution in [3.8, 4) is 0 Å². The van der Waals surface area contributed by atoms with Gasteiger partial charge in [-0.2, -0.15) is 0 Å². The summed E-state index contributed by atoms with van der Waals surface area (Å²) in [5, 5.41) is 14.0. The number of benzene rings is 2. The van der Waals surface area contributed by atoms with E-state index in [-0.39, 0.29) is 13.0 Å². The number of ether oxygens (including phenoxy) is 1. The van der Waals surface area contributed by atoms with Crippen LogP contribution in [0.1, 0.15) is 11.1 Å². The van der Waals surface area contributed by atoms with Gasteiger partial charge in [0.2, 0.25) is 0 Å². The van der Waals surface area contributed by atoms with Crippen molar-refractivity contribution in [2.24, 2.45) is 0 Å². The maximum Gasteiger partial charge on any atom is 0.408 e. The van der Waals surface area contributed by atoms with Gasteiger partial charge >= 0.3 is 6.09 Å². The molecular weight excluding hydrogens is 318 g/mol. The van der Waals surface area contributed by atoms with E-state index in [2.05, 4.69) is 5.32 Å². The molecule has 1 N–H and O–H groups in total. The number of carbonyl (C=O) groups excluding carboxylic acids is 2. The highest BCUT2D eigenvalue weighted by atomic mass is 35.5. The van der Waals surface area contributed by atoms with E-state index in [0.717, 1.165) is 5.56 Å². The summed E-state index contributed by atoms with van der Waals surface area (Å²) in [4.78, 5) is 22.9. The minimum absolute atomic E-state index is 0.0629. The van der Waals surface area contributed by atoms with Crippen LogP contribution in [0.5, 0.6) is 0 Å². The van der Waals surface area contributed by atoms with Gasteiger partial charge in [0, 0.05) is 5.02 Å². The van der Waals surface area contributed by atoms with Crippen LogP contribution in [0.15, 0.2) is 54.6 Å². The molecule has 2 aromatic carbocycles. The van der Waals surface area contributed by atoms with Crippen LogP contribution in [0, 0.1) is 0 Å². The summed E-state index contributed by atoms with van der Waals surface area (Å²) in [5.74, 6) is -1.38. The van der Waals surface area contributed by atoms with Crippen LogP contribution in [0.4, 0.5) is 4.79 Å². The third-order valence-electron chi connectivity index (χ3n) is 3.14. The Morgan fingerprint density at radius 1 is 1.04 bits per heavy atom. The Morgan fingerprint density at radius 2 is 1.70 bits per heavy atom. The van der Waals surface area contributed by atoms with Crippen LogP contribution in [0.3, 0.4) is 0 Å². The number of halogens is 1. The first-order valence-electron chi connectivity index (χ1n) is 6.97. The SMILES string of the molecule is O=C(N[C@@H](Cc1ccc(Cl)cc1)C(=O)[O-])OCc1ccccc1. The van der Waals surface area contributed by atoms with Crippen molar-refractivity contribution in [3.63, 3.8) is 0 Å². The van der Waals surface area contributed by atoms with E-state index in [4.69, 9.17) is 16.3 Å². The molecular formula is C17H15ClNO4-. The second-order valence-electron chi connectivity index (χ2n) is 4.91. The number of aliphatic carboxylic acids is 1. The molecule has 120 valence electrons. The number of carboxylic acid groups (broad SMARTS) is 1. The van der Waals surface area contributed by atoms with Gasteiger partial charge in [-0.05, 0) is 29.7 Å². The number of carboxylic acids is 1. The first kappa shape index (κ1) is 16.8. The fraction of sp³-hybridized carbons (Fsp3) is 0.176. The van der Waals surface area contributed by atoms with E-state index in [1.54, 1.807) is 36.4 Å². The summed E-state index contributed by atoms with van der Waals surface area (Å²) < 4.78 is 5.00. The Bertz CT molecular complexity index is 658. The van der Waals surface area contributed by atoms with Crippen molar-refractivity contribution in [1.29, 1.82) is 0 Å². The number of alkyl carbamates (subject to hydrolysis) is 1. The summed E-state index contributed by atoms with van der Waals surface area (Å²) in [7, 11) is 0. The zero-order valence-electron chi connectivity index (χ0n) is 12.2. The summed E-state index contributed by atoms with van der Waals surface area (Å²) in [6.07, 6.45) is -0.725.